The van der Waals surface area contributed by atoms with Gasteiger partial charge in [-0.15, -0.1) is 23.0 Å². The van der Waals surface area contributed by atoms with Crippen LogP contribution in [0.15, 0.2) is 47.1 Å². The summed E-state index contributed by atoms with van der Waals surface area (Å²) in [5.41, 5.74) is 5.09. The van der Waals surface area contributed by atoms with Crippen molar-refractivity contribution in [2.75, 3.05) is 0 Å². The van der Waals surface area contributed by atoms with Gasteiger partial charge in [-0.1, -0.05) is 203 Å². The summed E-state index contributed by atoms with van der Waals surface area (Å²) >= 11 is 0. The molecule has 0 aromatic heterocycles. The molecule has 6 bridgehead atoms. The van der Waals surface area contributed by atoms with Crippen molar-refractivity contribution in [1.29, 1.82) is 0 Å². The average molecular weight is 1180 g/mol. The van der Waals surface area contributed by atoms with E-state index in [1.54, 1.807) is 30.6 Å². The van der Waals surface area contributed by atoms with Crippen molar-refractivity contribution < 1.29 is 77.9 Å². The molecule has 20 atom stereocenters. The third kappa shape index (κ3) is 19.1. The smallest absolute Gasteiger partial charge is 0.346 e. The number of fused-ring (bicyclic) bond motifs is 8. The first-order chi connectivity index (χ1) is 32.4. The first kappa shape index (κ1) is 72.5. The third-order valence-electron chi connectivity index (χ3n) is 20.5. The van der Waals surface area contributed by atoms with E-state index in [1.807, 2.05) is 0 Å². The van der Waals surface area contributed by atoms with E-state index in [4.69, 9.17) is 0 Å². The van der Waals surface area contributed by atoms with Crippen molar-refractivity contribution in [3.8, 4) is 0 Å². The molecule has 10 aliphatic carbocycles. The van der Waals surface area contributed by atoms with Crippen LogP contribution in [0.2, 0.25) is 0 Å². The molecule has 4 heteroatoms. The van der Waals surface area contributed by atoms with Crippen molar-refractivity contribution in [2.24, 2.45) is 118 Å². The fraction of sp³-hybridized carbons (Fsp3) is 0.761. The molecule has 10 aliphatic rings. The van der Waals surface area contributed by atoms with Gasteiger partial charge in [0.2, 0.25) is 0 Å². The Balaban J connectivity index is 0.000000846. The molecule has 0 aromatic carbocycles. The van der Waals surface area contributed by atoms with Crippen molar-refractivity contribution in [1.82, 2.24) is 0 Å². The Morgan fingerprint density at radius 2 is 0.887 bits per heavy atom. The summed E-state index contributed by atoms with van der Waals surface area (Å²) < 4.78 is 0. The normalized spacial score (nSPS) is 40.2. The van der Waals surface area contributed by atoms with Crippen LogP contribution < -0.4 is 0 Å². The Labute approximate surface area is 498 Å². The quantitative estimate of drug-likeness (QED) is 0.129. The fourth-order valence-corrected chi connectivity index (χ4v) is 16.3. The zero-order valence-corrected chi connectivity index (χ0v) is 61.2. The molecule has 20 unspecified atom stereocenters. The molecule has 0 aromatic rings. The molecule has 0 saturated heterocycles. The van der Waals surface area contributed by atoms with Gasteiger partial charge >= 0.3 is 77.9 Å². The topological polar surface area (TPSA) is 0 Å². The van der Waals surface area contributed by atoms with Crippen LogP contribution in [0.3, 0.4) is 0 Å². The van der Waals surface area contributed by atoms with Crippen LogP contribution in [0.25, 0.3) is 0 Å². The minimum atomic E-state index is 0. The average Bonchev–Trinajstić information content (AvgIpc) is 4.28. The second kappa shape index (κ2) is 37.3. The molecular weight excluding hydrogens is 1070 g/mol. The second-order valence-corrected chi connectivity index (χ2v) is 23.4. The van der Waals surface area contributed by atoms with Crippen molar-refractivity contribution in [3.63, 3.8) is 0 Å². The fourth-order valence-electron chi connectivity index (χ4n) is 16.3. The van der Waals surface area contributed by atoms with Crippen molar-refractivity contribution in [3.05, 3.63) is 101 Å². The van der Waals surface area contributed by atoms with Crippen LogP contribution in [-0.4, -0.2) is 0 Å². The first-order valence-corrected chi connectivity index (χ1v) is 29.5. The van der Waals surface area contributed by atoms with Gasteiger partial charge in [-0.3, -0.25) is 0 Å². The Morgan fingerprint density at radius 3 is 1.14 bits per heavy atom. The van der Waals surface area contributed by atoms with Gasteiger partial charge in [0.25, 0.3) is 0 Å². The standard InChI is InChI=1S/2C16H28.2C11H17.C9H12.2C2H5.4Zn/c2*1-5-11(3)14-7-8-15-13(6-2)9-12(4)16(15)10-14;2*1-3-8-5-11-7-10(8)6-9(11)4-2;1-2-8-5-7-3-4-9(8)6-7;2*1-2;;;;/h2*11-16H,3-10H2,1-2H3;2*3,6,9-11H,4-5,7H2,1-2H3;2-4,7,9H,5-6H2,1H3;2*1H2,2H3;;;;/q2*-2;2*-1;;2*-1;4*+2/b;;2*8-3+;8-2+;;;;;;. The predicted molar refractivity (Wildman–Crippen MR) is 299 cm³/mol. The van der Waals surface area contributed by atoms with E-state index in [0.29, 0.717) is 11.8 Å². The minimum absolute atomic E-state index is 0. The molecule has 0 spiro atoms. The molecule has 0 heterocycles. The SMILES string of the molecule is C/C=C1\CC2C=CC1C2.C/C=C1\CC2CC1[CH-]C2CC.C/C=C1\CC2CC1[CH-]C2CC.[CH2-]C.[CH2-]C.[CH2-]C(CC)C1CCC2C(CC)CC([CH2-])C2C1.[CH2-]C(CC)C1CCC2C(CC)CC([CH2-])C2C1.[Zn+2].[Zn+2].[Zn+2].[Zn+2]. The van der Waals surface area contributed by atoms with Gasteiger partial charge in [0, 0.05) is 0 Å². The van der Waals surface area contributed by atoms with Crippen molar-refractivity contribution in [2.45, 2.75) is 205 Å². The zero-order valence-electron chi connectivity index (χ0n) is 49.3. The van der Waals surface area contributed by atoms with Gasteiger partial charge < -0.3 is 54.4 Å². The number of allylic oxidation sites excluding steroid dienone is 8. The summed E-state index contributed by atoms with van der Waals surface area (Å²) in [6.45, 7) is 48.0. The van der Waals surface area contributed by atoms with Gasteiger partial charge in [0.05, 0.1) is 0 Å². The van der Waals surface area contributed by atoms with E-state index in [2.05, 4.69) is 147 Å². The molecule has 9 fully saturated rings. The van der Waals surface area contributed by atoms with E-state index < -0.39 is 0 Å². The van der Waals surface area contributed by atoms with Crippen LogP contribution in [0.1, 0.15) is 205 Å². The molecule has 0 aliphatic heterocycles. The second-order valence-electron chi connectivity index (χ2n) is 23.4. The molecular formula is C67H112Zn4. The van der Waals surface area contributed by atoms with E-state index in [9.17, 15) is 0 Å². The molecule has 0 N–H and O–H groups in total. The number of rotatable bonds is 8. The Kier molecular flexibility index (Phi) is 38.1. The van der Waals surface area contributed by atoms with E-state index in [0.717, 1.165) is 107 Å². The summed E-state index contributed by atoms with van der Waals surface area (Å²) in [7, 11) is 0. The van der Waals surface area contributed by atoms with Gasteiger partial charge in [0.15, 0.2) is 0 Å². The molecule has 10 rings (SSSR count). The monoisotopic (exact) mass is 1170 g/mol. The van der Waals surface area contributed by atoms with E-state index >= 15 is 0 Å². The Bertz CT molecular complexity index is 1420. The largest absolute Gasteiger partial charge is 2.00 e. The Hall–Kier alpha value is 1.45. The Morgan fingerprint density at radius 1 is 0.493 bits per heavy atom. The van der Waals surface area contributed by atoms with E-state index in [1.165, 1.54) is 128 Å². The first-order valence-electron chi connectivity index (χ1n) is 29.5. The number of hydrogen-bond acceptors (Lipinski definition) is 0. The third-order valence-corrected chi connectivity index (χ3v) is 20.5. The van der Waals surface area contributed by atoms with Gasteiger partial charge in [-0.05, 0) is 94.8 Å². The summed E-state index contributed by atoms with van der Waals surface area (Å²) in [6, 6.07) is 0. The molecule has 388 valence electrons. The molecule has 0 radical (unpaired) electrons. The van der Waals surface area contributed by atoms with Crippen LogP contribution in [0.4, 0.5) is 0 Å². The van der Waals surface area contributed by atoms with Gasteiger partial charge in [0.1, 0.15) is 0 Å². The molecule has 9 saturated carbocycles. The molecule has 71 heavy (non-hydrogen) atoms. The van der Waals surface area contributed by atoms with Crippen LogP contribution in [0, 0.1) is 173 Å². The maximum Gasteiger partial charge on any atom is 2.00 e. The van der Waals surface area contributed by atoms with Crippen molar-refractivity contribution >= 4 is 0 Å². The van der Waals surface area contributed by atoms with Crippen LogP contribution in [-0.2, 0) is 77.9 Å². The van der Waals surface area contributed by atoms with Gasteiger partial charge in [-0.2, -0.15) is 49.4 Å². The molecule has 0 amide bonds. The van der Waals surface area contributed by atoms with Crippen LogP contribution in [0.5, 0.6) is 0 Å². The number of hydrogen-bond donors (Lipinski definition) is 0. The maximum absolute atomic E-state index is 4.42. The predicted octanol–water partition coefficient (Wildman–Crippen LogP) is 20.1. The summed E-state index contributed by atoms with van der Waals surface area (Å²) in [6.07, 6.45) is 44.7. The summed E-state index contributed by atoms with van der Waals surface area (Å²) in [5.74, 6) is 17.9. The zero-order chi connectivity index (χ0) is 49.4. The van der Waals surface area contributed by atoms with E-state index in [-0.39, 0.29) is 77.9 Å². The minimum Gasteiger partial charge on any atom is -0.346 e. The molecule has 0 nitrogen and oxygen atoms in total. The van der Waals surface area contributed by atoms with Crippen LogP contribution >= 0.6 is 0 Å². The summed E-state index contributed by atoms with van der Waals surface area (Å²) in [4.78, 5) is 0. The van der Waals surface area contributed by atoms with Gasteiger partial charge in [-0.25, -0.2) is 0 Å². The summed E-state index contributed by atoms with van der Waals surface area (Å²) in [5, 5.41) is 0. The maximum atomic E-state index is 4.42.